The zero-order valence-electron chi connectivity index (χ0n) is 8.59. The molecule has 0 aliphatic rings. The van der Waals surface area contributed by atoms with Crippen molar-refractivity contribution in [3.8, 4) is 0 Å². The predicted octanol–water partition coefficient (Wildman–Crippen LogP) is 2.13. The summed E-state index contributed by atoms with van der Waals surface area (Å²) in [5, 5.41) is 0. The highest BCUT2D eigenvalue weighted by Gasteiger charge is 2.19. The normalized spacial score (nSPS) is 13.9. The molecule has 1 unspecified atom stereocenters. The van der Waals surface area contributed by atoms with Crippen molar-refractivity contribution in [3.05, 3.63) is 0 Å². The van der Waals surface area contributed by atoms with Crippen LogP contribution in [0.3, 0.4) is 0 Å². The summed E-state index contributed by atoms with van der Waals surface area (Å²) < 4.78 is 9.92. The maximum absolute atomic E-state index is 11.2. The summed E-state index contributed by atoms with van der Waals surface area (Å²) in [4.78, 5) is 11.2. The summed E-state index contributed by atoms with van der Waals surface area (Å²) in [7, 11) is 0. The average Bonchev–Trinajstić information content (AvgIpc) is 1.99. The lowest BCUT2D eigenvalue weighted by atomic mass is 10.2. The lowest BCUT2D eigenvalue weighted by Crippen LogP contribution is -2.28. The van der Waals surface area contributed by atoms with Crippen molar-refractivity contribution in [2.75, 3.05) is 13.2 Å². The Morgan fingerprint density at radius 1 is 1.54 bits per heavy atom. The van der Waals surface area contributed by atoms with Gasteiger partial charge in [-0.3, -0.25) is 0 Å². The van der Waals surface area contributed by atoms with E-state index in [0.29, 0.717) is 13.2 Å². The van der Waals surface area contributed by atoms with E-state index in [4.69, 9.17) is 9.47 Å². The van der Waals surface area contributed by atoms with Crippen LogP contribution in [0, 0.1) is 0 Å². The third-order valence-electron chi connectivity index (χ3n) is 1.31. The van der Waals surface area contributed by atoms with Crippen molar-refractivity contribution in [2.45, 2.75) is 38.1 Å². The number of halogens is 1. The van der Waals surface area contributed by atoms with Crippen LogP contribution in [0.15, 0.2) is 0 Å². The van der Waals surface area contributed by atoms with E-state index in [2.05, 4.69) is 15.9 Å². The van der Waals surface area contributed by atoms with E-state index in [1.54, 1.807) is 6.92 Å². The maximum atomic E-state index is 11.2. The third-order valence-corrected chi connectivity index (χ3v) is 1.54. The molecule has 0 saturated carbocycles. The molecule has 0 aromatic heterocycles. The van der Waals surface area contributed by atoms with Crippen molar-refractivity contribution in [3.63, 3.8) is 0 Å². The van der Waals surface area contributed by atoms with E-state index in [1.807, 2.05) is 20.8 Å². The van der Waals surface area contributed by atoms with Gasteiger partial charge in [-0.1, -0.05) is 15.9 Å². The van der Waals surface area contributed by atoms with Crippen LogP contribution in [0.25, 0.3) is 0 Å². The number of hydrogen-bond acceptors (Lipinski definition) is 3. The second-order valence-corrected chi connectivity index (χ2v) is 5.57. The summed E-state index contributed by atoms with van der Waals surface area (Å²) in [6.45, 7) is 8.28. The highest BCUT2D eigenvalue weighted by atomic mass is 79.9. The van der Waals surface area contributed by atoms with Gasteiger partial charge in [0.05, 0.1) is 4.32 Å². The quantitative estimate of drug-likeness (QED) is 0.556. The Labute approximate surface area is 87.9 Å². The minimum absolute atomic E-state index is 0.172. The highest BCUT2D eigenvalue weighted by Crippen LogP contribution is 2.15. The first-order valence-electron chi connectivity index (χ1n) is 4.34. The van der Waals surface area contributed by atoms with Gasteiger partial charge in [-0.05, 0) is 27.7 Å². The van der Waals surface area contributed by atoms with Crippen LogP contribution in [0.1, 0.15) is 27.7 Å². The van der Waals surface area contributed by atoms with Gasteiger partial charge >= 0.3 is 5.97 Å². The molecule has 0 amide bonds. The fraction of sp³-hybridized carbons (Fsp3) is 0.889. The Balaban J connectivity index is 3.74. The van der Waals surface area contributed by atoms with Gasteiger partial charge < -0.3 is 9.47 Å². The van der Waals surface area contributed by atoms with E-state index in [0.717, 1.165) is 0 Å². The first-order chi connectivity index (χ1) is 5.87. The zero-order chi connectivity index (χ0) is 10.5. The second kappa shape index (κ2) is 5.60. The summed E-state index contributed by atoms with van der Waals surface area (Å²) in [6.07, 6.45) is -0.472. The minimum Gasteiger partial charge on any atom is -0.462 e. The monoisotopic (exact) mass is 252 g/mol. The number of ether oxygens (including phenoxy) is 2. The van der Waals surface area contributed by atoms with Gasteiger partial charge in [-0.15, -0.1) is 0 Å². The Morgan fingerprint density at radius 2 is 2.08 bits per heavy atom. The van der Waals surface area contributed by atoms with E-state index in [-0.39, 0.29) is 10.3 Å². The lowest BCUT2D eigenvalue weighted by Gasteiger charge is -2.18. The SMILES string of the molecule is CCOC(C)C(=O)OCC(C)(C)Br. The Hall–Kier alpha value is -0.0900. The molecule has 13 heavy (non-hydrogen) atoms. The number of alkyl halides is 1. The molecule has 4 heteroatoms. The van der Waals surface area contributed by atoms with E-state index < -0.39 is 6.10 Å². The van der Waals surface area contributed by atoms with Crippen LogP contribution in [0.2, 0.25) is 0 Å². The van der Waals surface area contributed by atoms with Crippen LogP contribution in [0.5, 0.6) is 0 Å². The number of carbonyl (C=O) groups excluding carboxylic acids is 1. The topological polar surface area (TPSA) is 35.5 Å². The average molecular weight is 253 g/mol. The standard InChI is InChI=1S/C9H17BrO3/c1-5-12-7(2)8(11)13-6-9(3,4)10/h7H,5-6H2,1-4H3. The molecule has 0 aromatic carbocycles. The molecule has 0 fully saturated rings. The summed E-state index contributed by atoms with van der Waals surface area (Å²) in [6, 6.07) is 0. The summed E-state index contributed by atoms with van der Waals surface area (Å²) in [5.74, 6) is -0.311. The Morgan fingerprint density at radius 3 is 2.46 bits per heavy atom. The fourth-order valence-corrected chi connectivity index (χ4v) is 0.793. The predicted molar refractivity (Wildman–Crippen MR) is 55.1 cm³/mol. The van der Waals surface area contributed by atoms with E-state index >= 15 is 0 Å². The fourth-order valence-electron chi connectivity index (χ4n) is 0.678. The molecule has 0 radical (unpaired) electrons. The molecular weight excluding hydrogens is 236 g/mol. The van der Waals surface area contributed by atoms with Crippen LogP contribution in [0.4, 0.5) is 0 Å². The van der Waals surface area contributed by atoms with Crippen molar-refractivity contribution >= 4 is 21.9 Å². The van der Waals surface area contributed by atoms with Crippen molar-refractivity contribution in [1.29, 1.82) is 0 Å². The van der Waals surface area contributed by atoms with Gasteiger partial charge in [0.1, 0.15) is 6.61 Å². The minimum atomic E-state index is -0.472. The van der Waals surface area contributed by atoms with Crippen molar-refractivity contribution in [2.24, 2.45) is 0 Å². The lowest BCUT2D eigenvalue weighted by molar-refractivity contribution is -0.156. The van der Waals surface area contributed by atoms with Crippen LogP contribution in [-0.4, -0.2) is 29.6 Å². The van der Waals surface area contributed by atoms with Gasteiger partial charge in [-0.25, -0.2) is 4.79 Å². The number of carbonyl (C=O) groups is 1. The number of rotatable bonds is 5. The van der Waals surface area contributed by atoms with Gasteiger partial charge in [0.25, 0.3) is 0 Å². The molecule has 1 atom stereocenters. The molecule has 0 aliphatic heterocycles. The largest absolute Gasteiger partial charge is 0.462 e. The molecule has 0 aliphatic carbocycles. The number of hydrogen-bond donors (Lipinski definition) is 0. The smallest absolute Gasteiger partial charge is 0.334 e. The molecule has 3 nitrogen and oxygen atoms in total. The zero-order valence-corrected chi connectivity index (χ0v) is 10.2. The maximum Gasteiger partial charge on any atom is 0.334 e. The molecular formula is C9H17BrO3. The third kappa shape index (κ3) is 7.02. The molecule has 0 N–H and O–H groups in total. The van der Waals surface area contributed by atoms with Gasteiger partial charge in [0.15, 0.2) is 6.10 Å². The Bertz CT molecular complexity index is 163. The number of esters is 1. The molecule has 0 rings (SSSR count). The Kier molecular flexibility index (Phi) is 5.56. The molecule has 0 heterocycles. The highest BCUT2D eigenvalue weighted by molar-refractivity contribution is 9.10. The summed E-state index contributed by atoms with van der Waals surface area (Å²) in [5.41, 5.74) is 0. The molecule has 0 saturated heterocycles. The van der Waals surface area contributed by atoms with Gasteiger partial charge in [0.2, 0.25) is 0 Å². The van der Waals surface area contributed by atoms with Crippen molar-refractivity contribution < 1.29 is 14.3 Å². The second-order valence-electron chi connectivity index (χ2n) is 3.42. The van der Waals surface area contributed by atoms with Gasteiger partial charge in [0, 0.05) is 6.61 Å². The molecule has 0 bridgehead atoms. The van der Waals surface area contributed by atoms with Crippen molar-refractivity contribution in [1.82, 2.24) is 0 Å². The summed E-state index contributed by atoms with van der Waals surface area (Å²) >= 11 is 3.38. The van der Waals surface area contributed by atoms with Gasteiger partial charge in [-0.2, -0.15) is 0 Å². The first kappa shape index (κ1) is 12.9. The first-order valence-corrected chi connectivity index (χ1v) is 5.13. The molecule has 78 valence electrons. The van der Waals surface area contributed by atoms with Crippen LogP contribution in [-0.2, 0) is 14.3 Å². The van der Waals surface area contributed by atoms with Crippen LogP contribution >= 0.6 is 15.9 Å². The van der Waals surface area contributed by atoms with E-state index in [1.165, 1.54) is 0 Å². The van der Waals surface area contributed by atoms with E-state index in [9.17, 15) is 4.79 Å². The van der Waals surface area contributed by atoms with Crippen LogP contribution < -0.4 is 0 Å². The molecule has 0 aromatic rings. The molecule has 0 spiro atoms.